The first-order chi connectivity index (χ1) is 16.2. The van der Waals surface area contributed by atoms with E-state index in [1.54, 1.807) is 13.0 Å². The largest absolute Gasteiger partial charge is 0.416 e. The molecule has 6 nitrogen and oxygen atoms in total. The Labute approximate surface area is 196 Å². The molecule has 2 aromatic heterocycles. The first kappa shape index (κ1) is 23.4. The molecule has 0 unspecified atom stereocenters. The lowest BCUT2D eigenvalue weighted by molar-refractivity contribution is -0.137. The number of nitrogens with one attached hydrogen (secondary N) is 1. The standard InChI is InChI=1S/C24H19F3N4O2S/c1-15-23(34-20(28-15)13-17-8-5-9-18(12-17)24(25,26)27)29-22(33)19-10-11-21(32)31(30-19)14-16-6-3-2-4-7-16/h2-12H,13-14H2,1H3,(H,29,33). The fourth-order valence-corrected chi connectivity index (χ4v) is 4.28. The zero-order valence-electron chi connectivity index (χ0n) is 18.0. The highest BCUT2D eigenvalue weighted by molar-refractivity contribution is 7.16. The van der Waals surface area contributed by atoms with Gasteiger partial charge in [-0.3, -0.25) is 9.59 Å². The van der Waals surface area contributed by atoms with E-state index in [9.17, 15) is 22.8 Å². The topological polar surface area (TPSA) is 76.9 Å². The van der Waals surface area contributed by atoms with E-state index in [0.717, 1.165) is 17.7 Å². The summed E-state index contributed by atoms with van der Waals surface area (Å²) in [6.45, 7) is 1.92. The molecule has 2 heterocycles. The van der Waals surface area contributed by atoms with E-state index in [0.29, 0.717) is 21.3 Å². The lowest BCUT2D eigenvalue weighted by Gasteiger charge is -2.08. The van der Waals surface area contributed by atoms with Gasteiger partial charge in [-0.05, 0) is 30.2 Å². The number of aromatic nitrogens is 3. The van der Waals surface area contributed by atoms with Crippen LogP contribution in [-0.4, -0.2) is 20.7 Å². The summed E-state index contributed by atoms with van der Waals surface area (Å²) in [6.07, 6.45) is -4.22. The molecule has 1 amide bonds. The fraction of sp³-hybridized carbons (Fsp3) is 0.167. The van der Waals surface area contributed by atoms with Crippen LogP contribution in [0.2, 0.25) is 0 Å². The first-order valence-corrected chi connectivity index (χ1v) is 11.1. The number of carbonyl (C=O) groups excluding carboxylic acids is 1. The van der Waals surface area contributed by atoms with Crippen LogP contribution in [0, 0.1) is 6.92 Å². The van der Waals surface area contributed by atoms with Crippen LogP contribution in [0.1, 0.15) is 37.9 Å². The van der Waals surface area contributed by atoms with Crippen LogP contribution in [0.3, 0.4) is 0 Å². The van der Waals surface area contributed by atoms with Crippen LogP contribution in [0.4, 0.5) is 18.2 Å². The SMILES string of the molecule is Cc1nc(Cc2cccc(C(F)(F)F)c2)sc1NC(=O)c1ccc(=O)n(Cc2ccccc2)n1. The summed E-state index contributed by atoms with van der Waals surface area (Å²) in [4.78, 5) is 29.3. The molecule has 0 radical (unpaired) electrons. The summed E-state index contributed by atoms with van der Waals surface area (Å²) < 4.78 is 40.1. The fourth-order valence-electron chi connectivity index (χ4n) is 3.28. The van der Waals surface area contributed by atoms with Crippen molar-refractivity contribution in [3.63, 3.8) is 0 Å². The minimum absolute atomic E-state index is 0.0581. The molecule has 0 saturated carbocycles. The molecule has 0 atom stereocenters. The van der Waals surface area contributed by atoms with Gasteiger partial charge < -0.3 is 5.32 Å². The van der Waals surface area contributed by atoms with Crippen molar-refractivity contribution >= 4 is 22.2 Å². The van der Waals surface area contributed by atoms with Crippen molar-refractivity contribution in [3.05, 3.63) is 110 Å². The van der Waals surface area contributed by atoms with E-state index < -0.39 is 17.6 Å². The maximum atomic E-state index is 13.0. The maximum Gasteiger partial charge on any atom is 0.416 e. The summed E-state index contributed by atoms with van der Waals surface area (Å²) in [5.74, 6) is -0.515. The second-order valence-electron chi connectivity index (χ2n) is 7.55. The summed E-state index contributed by atoms with van der Waals surface area (Å²) in [6, 6.07) is 17.0. The van der Waals surface area contributed by atoms with Gasteiger partial charge in [-0.15, -0.1) is 11.3 Å². The van der Waals surface area contributed by atoms with Gasteiger partial charge in [0.25, 0.3) is 11.5 Å². The molecule has 34 heavy (non-hydrogen) atoms. The molecule has 4 rings (SSSR count). The number of alkyl halides is 3. The average molecular weight is 485 g/mol. The van der Waals surface area contributed by atoms with Crippen molar-refractivity contribution in [2.75, 3.05) is 5.32 Å². The molecule has 1 N–H and O–H groups in total. The van der Waals surface area contributed by atoms with E-state index in [1.165, 1.54) is 34.2 Å². The van der Waals surface area contributed by atoms with E-state index in [2.05, 4.69) is 15.4 Å². The summed E-state index contributed by atoms with van der Waals surface area (Å²) in [5, 5.41) is 7.94. The molecular formula is C24H19F3N4O2S. The molecule has 0 aliphatic carbocycles. The van der Waals surface area contributed by atoms with Crippen molar-refractivity contribution in [1.29, 1.82) is 0 Å². The number of halogens is 3. The highest BCUT2D eigenvalue weighted by Gasteiger charge is 2.30. The molecule has 2 aromatic carbocycles. The predicted octanol–water partition coefficient (Wildman–Crippen LogP) is 4.92. The van der Waals surface area contributed by atoms with E-state index >= 15 is 0 Å². The van der Waals surface area contributed by atoms with E-state index in [1.807, 2.05) is 30.3 Å². The molecule has 0 spiro atoms. The van der Waals surface area contributed by atoms with Crippen LogP contribution in [0.5, 0.6) is 0 Å². The van der Waals surface area contributed by atoms with Gasteiger partial charge in [-0.1, -0.05) is 48.5 Å². The molecule has 0 bridgehead atoms. The lowest BCUT2D eigenvalue weighted by atomic mass is 10.1. The number of amides is 1. The van der Waals surface area contributed by atoms with Gasteiger partial charge in [0.05, 0.1) is 22.8 Å². The van der Waals surface area contributed by atoms with Gasteiger partial charge in [-0.2, -0.15) is 18.3 Å². The zero-order valence-corrected chi connectivity index (χ0v) is 18.8. The third-order valence-corrected chi connectivity index (χ3v) is 6.02. The van der Waals surface area contributed by atoms with Crippen LogP contribution in [0.15, 0.2) is 71.5 Å². The Morgan fingerprint density at radius 3 is 2.50 bits per heavy atom. The number of nitrogens with zero attached hydrogens (tertiary/aromatic N) is 3. The second-order valence-corrected chi connectivity index (χ2v) is 8.63. The Bertz CT molecular complexity index is 1380. The van der Waals surface area contributed by atoms with Crippen LogP contribution in [0.25, 0.3) is 0 Å². The quantitative estimate of drug-likeness (QED) is 0.422. The Balaban J connectivity index is 1.49. The molecule has 0 aliphatic heterocycles. The molecule has 0 saturated heterocycles. The van der Waals surface area contributed by atoms with Crippen molar-refractivity contribution in [2.45, 2.75) is 26.1 Å². The molecule has 4 aromatic rings. The van der Waals surface area contributed by atoms with Gasteiger partial charge in [0.1, 0.15) is 10.7 Å². The van der Waals surface area contributed by atoms with Crippen molar-refractivity contribution in [2.24, 2.45) is 0 Å². The number of thiazole rings is 1. The van der Waals surface area contributed by atoms with Crippen molar-refractivity contribution < 1.29 is 18.0 Å². The van der Waals surface area contributed by atoms with Crippen LogP contribution >= 0.6 is 11.3 Å². The molecular weight excluding hydrogens is 465 g/mol. The normalized spacial score (nSPS) is 11.4. The summed E-state index contributed by atoms with van der Waals surface area (Å²) >= 11 is 1.18. The Hall–Kier alpha value is -3.79. The minimum atomic E-state index is -4.42. The minimum Gasteiger partial charge on any atom is -0.311 e. The van der Waals surface area contributed by atoms with Gasteiger partial charge in [0.15, 0.2) is 0 Å². The Morgan fingerprint density at radius 1 is 1.03 bits per heavy atom. The highest BCUT2D eigenvalue weighted by atomic mass is 32.1. The first-order valence-electron chi connectivity index (χ1n) is 10.2. The Morgan fingerprint density at radius 2 is 1.76 bits per heavy atom. The number of hydrogen-bond donors (Lipinski definition) is 1. The summed E-state index contributed by atoms with van der Waals surface area (Å²) in [5.41, 5.74) is 0.880. The smallest absolute Gasteiger partial charge is 0.311 e. The lowest BCUT2D eigenvalue weighted by Crippen LogP contribution is -2.26. The second kappa shape index (κ2) is 9.60. The molecule has 0 aliphatic rings. The van der Waals surface area contributed by atoms with Gasteiger partial charge in [-0.25, -0.2) is 9.67 Å². The summed E-state index contributed by atoms with van der Waals surface area (Å²) in [7, 11) is 0. The number of anilines is 1. The third-order valence-electron chi connectivity index (χ3n) is 4.95. The third kappa shape index (κ3) is 5.57. The average Bonchev–Trinajstić information content (AvgIpc) is 3.14. The highest BCUT2D eigenvalue weighted by Crippen LogP contribution is 2.31. The van der Waals surface area contributed by atoms with E-state index in [-0.39, 0.29) is 24.2 Å². The number of benzene rings is 2. The zero-order chi connectivity index (χ0) is 24.3. The van der Waals surface area contributed by atoms with E-state index in [4.69, 9.17) is 0 Å². The monoisotopic (exact) mass is 484 g/mol. The van der Waals surface area contributed by atoms with Gasteiger partial charge in [0, 0.05) is 12.5 Å². The van der Waals surface area contributed by atoms with Crippen molar-refractivity contribution in [3.8, 4) is 0 Å². The number of hydrogen-bond acceptors (Lipinski definition) is 5. The maximum absolute atomic E-state index is 13.0. The number of aryl methyl sites for hydroxylation is 1. The van der Waals surface area contributed by atoms with Crippen LogP contribution < -0.4 is 10.9 Å². The predicted molar refractivity (Wildman–Crippen MR) is 123 cm³/mol. The van der Waals surface area contributed by atoms with Crippen molar-refractivity contribution in [1.82, 2.24) is 14.8 Å². The van der Waals surface area contributed by atoms with Crippen LogP contribution in [-0.2, 0) is 19.1 Å². The number of carbonyl (C=O) groups is 1. The van der Waals surface area contributed by atoms with Gasteiger partial charge in [0.2, 0.25) is 0 Å². The molecule has 10 heteroatoms. The molecule has 0 fully saturated rings. The molecule has 174 valence electrons. The Kier molecular flexibility index (Phi) is 6.60. The number of rotatable bonds is 6. The van der Waals surface area contributed by atoms with Gasteiger partial charge >= 0.3 is 6.18 Å².